The second-order valence-electron chi connectivity index (χ2n) is 5.06. The highest BCUT2D eigenvalue weighted by Gasteiger charge is 2.26. The molecule has 0 bridgehead atoms. The van der Waals surface area contributed by atoms with Crippen LogP contribution in [-0.4, -0.2) is 40.7 Å². The number of carbonyl (C=O) groups is 2. The highest BCUT2D eigenvalue weighted by atomic mass is 16.7. The third-order valence-corrected chi connectivity index (χ3v) is 2.29. The Bertz CT molecular complexity index is 436. The lowest BCUT2D eigenvalue weighted by Gasteiger charge is -2.25. The lowest BCUT2D eigenvalue weighted by molar-refractivity contribution is -0.143. The minimum Gasteiger partial charge on any atom is -0.428 e. The molecule has 0 fully saturated rings. The first-order chi connectivity index (χ1) is 8.70. The van der Waals surface area contributed by atoms with Crippen LogP contribution in [0.15, 0.2) is 18.5 Å². The van der Waals surface area contributed by atoms with Crippen molar-refractivity contribution in [3.05, 3.63) is 18.5 Å². The molecular weight excluding hydrogens is 250 g/mol. The average molecular weight is 269 g/mol. The summed E-state index contributed by atoms with van der Waals surface area (Å²) < 4.78 is 9.53. The Morgan fingerprint density at radius 1 is 1.37 bits per heavy atom. The van der Waals surface area contributed by atoms with E-state index < -0.39 is 23.8 Å². The molecule has 1 aromatic rings. The number of carbonyl (C=O) groups excluding carboxylic acids is 2. The van der Waals surface area contributed by atoms with Gasteiger partial charge in [0, 0.05) is 13.2 Å². The Labute approximate surface area is 112 Å². The Balaban J connectivity index is 2.56. The van der Waals surface area contributed by atoms with E-state index in [9.17, 15) is 9.59 Å². The predicted octanol–water partition coefficient (Wildman–Crippen LogP) is 1.32. The number of ether oxygens (including phenoxy) is 2. The van der Waals surface area contributed by atoms with Crippen LogP contribution in [0.4, 0.5) is 4.79 Å². The number of hydrogen-bond donors (Lipinski definition) is 0. The zero-order valence-corrected chi connectivity index (χ0v) is 11.8. The Morgan fingerprint density at radius 3 is 2.47 bits per heavy atom. The molecule has 0 radical (unpaired) electrons. The van der Waals surface area contributed by atoms with Gasteiger partial charge in [-0.05, 0) is 33.8 Å². The first-order valence-electron chi connectivity index (χ1n) is 5.88. The third kappa shape index (κ3) is 4.61. The van der Waals surface area contributed by atoms with Crippen LogP contribution in [0.2, 0.25) is 0 Å². The first kappa shape index (κ1) is 15.0. The Kier molecular flexibility index (Phi) is 4.52. The third-order valence-electron chi connectivity index (χ3n) is 2.29. The van der Waals surface area contributed by atoms with Gasteiger partial charge in [0.05, 0.1) is 6.20 Å². The lowest BCUT2D eigenvalue weighted by Crippen LogP contribution is -2.45. The SMILES string of the molecule is C[C@@H](C(=O)OC(=O)OC(C)(C)C)N(C)n1cccn1. The van der Waals surface area contributed by atoms with Crippen LogP contribution < -0.4 is 5.01 Å². The quantitative estimate of drug-likeness (QED) is 0.608. The summed E-state index contributed by atoms with van der Waals surface area (Å²) in [6, 6.07) is 1.05. The molecule has 0 amide bonds. The summed E-state index contributed by atoms with van der Waals surface area (Å²) >= 11 is 0. The van der Waals surface area contributed by atoms with E-state index in [4.69, 9.17) is 4.74 Å². The standard InChI is InChI=1S/C12H19N3O4/c1-9(14(5)15-8-6-7-13-15)10(16)18-11(17)19-12(2,3)4/h6-9H,1-5H3/t9-/m0/s1. The van der Waals surface area contributed by atoms with E-state index >= 15 is 0 Å². The van der Waals surface area contributed by atoms with Crippen LogP contribution >= 0.6 is 0 Å². The van der Waals surface area contributed by atoms with Crippen LogP contribution in [0.3, 0.4) is 0 Å². The first-order valence-corrected chi connectivity index (χ1v) is 5.88. The van der Waals surface area contributed by atoms with Crippen molar-refractivity contribution in [2.45, 2.75) is 39.3 Å². The largest absolute Gasteiger partial charge is 0.516 e. The summed E-state index contributed by atoms with van der Waals surface area (Å²) in [5.74, 6) is -0.702. The van der Waals surface area contributed by atoms with Gasteiger partial charge >= 0.3 is 12.1 Å². The van der Waals surface area contributed by atoms with Crippen molar-refractivity contribution >= 4 is 12.1 Å². The van der Waals surface area contributed by atoms with Gasteiger partial charge in [0.15, 0.2) is 0 Å². The molecule has 106 valence electrons. The van der Waals surface area contributed by atoms with E-state index in [0.29, 0.717) is 0 Å². The lowest BCUT2D eigenvalue weighted by atomic mass is 10.2. The molecule has 7 nitrogen and oxygen atoms in total. The Morgan fingerprint density at radius 2 is 2.00 bits per heavy atom. The molecular formula is C12H19N3O4. The number of rotatable bonds is 3. The maximum absolute atomic E-state index is 11.8. The van der Waals surface area contributed by atoms with Gasteiger partial charge in [-0.1, -0.05) is 0 Å². The normalized spacial score (nSPS) is 12.7. The van der Waals surface area contributed by atoms with E-state index in [1.807, 2.05) is 0 Å². The number of aromatic nitrogens is 2. The summed E-state index contributed by atoms with van der Waals surface area (Å²) in [6.45, 7) is 6.68. The van der Waals surface area contributed by atoms with Crippen molar-refractivity contribution in [3.63, 3.8) is 0 Å². The van der Waals surface area contributed by atoms with E-state index in [-0.39, 0.29) is 0 Å². The number of likely N-dealkylation sites (N-methyl/N-ethyl adjacent to an activating group) is 1. The summed E-state index contributed by atoms with van der Waals surface area (Å²) in [7, 11) is 1.66. The molecule has 1 heterocycles. The number of esters is 1. The second-order valence-corrected chi connectivity index (χ2v) is 5.06. The van der Waals surface area contributed by atoms with Gasteiger partial charge in [-0.25, -0.2) is 9.59 Å². The van der Waals surface area contributed by atoms with Crippen molar-refractivity contribution in [2.24, 2.45) is 0 Å². The molecule has 0 aromatic carbocycles. The molecule has 0 saturated carbocycles. The molecule has 7 heteroatoms. The Hall–Kier alpha value is -2.05. The van der Waals surface area contributed by atoms with Gasteiger partial charge < -0.3 is 9.47 Å². The topological polar surface area (TPSA) is 73.7 Å². The summed E-state index contributed by atoms with van der Waals surface area (Å²) in [5.41, 5.74) is -0.700. The van der Waals surface area contributed by atoms with Gasteiger partial charge in [-0.15, -0.1) is 0 Å². The fourth-order valence-corrected chi connectivity index (χ4v) is 1.22. The minimum atomic E-state index is -1.00. The maximum atomic E-state index is 11.8. The smallest absolute Gasteiger partial charge is 0.428 e. The van der Waals surface area contributed by atoms with Crippen molar-refractivity contribution in [1.29, 1.82) is 0 Å². The minimum absolute atomic E-state index is 0.674. The second kappa shape index (κ2) is 5.73. The summed E-state index contributed by atoms with van der Waals surface area (Å²) in [6.07, 6.45) is 2.26. The average Bonchev–Trinajstić information content (AvgIpc) is 2.77. The fourth-order valence-electron chi connectivity index (χ4n) is 1.22. The van der Waals surface area contributed by atoms with Gasteiger partial charge in [0.1, 0.15) is 11.6 Å². The highest BCUT2D eigenvalue weighted by Crippen LogP contribution is 2.09. The van der Waals surface area contributed by atoms with Crippen LogP contribution in [0.1, 0.15) is 27.7 Å². The van der Waals surface area contributed by atoms with Gasteiger partial charge in [0.25, 0.3) is 0 Å². The zero-order chi connectivity index (χ0) is 14.6. The molecule has 0 N–H and O–H groups in total. The number of nitrogens with zero attached hydrogens (tertiary/aromatic N) is 3. The molecule has 19 heavy (non-hydrogen) atoms. The van der Waals surface area contributed by atoms with Crippen molar-refractivity contribution in [1.82, 2.24) is 9.89 Å². The van der Waals surface area contributed by atoms with Crippen LogP contribution in [0.25, 0.3) is 0 Å². The predicted molar refractivity (Wildman–Crippen MR) is 68.2 cm³/mol. The van der Waals surface area contributed by atoms with Crippen LogP contribution in [-0.2, 0) is 14.3 Å². The molecule has 0 aliphatic rings. The molecule has 0 spiro atoms. The highest BCUT2D eigenvalue weighted by molar-refractivity contribution is 5.86. The van der Waals surface area contributed by atoms with E-state index in [1.165, 1.54) is 9.80 Å². The maximum Gasteiger partial charge on any atom is 0.516 e. The van der Waals surface area contributed by atoms with Gasteiger partial charge in [-0.2, -0.15) is 9.89 Å². The monoisotopic (exact) mass is 269 g/mol. The zero-order valence-electron chi connectivity index (χ0n) is 11.8. The van der Waals surface area contributed by atoms with Crippen molar-refractivity contribution in [2.75, 3.05) is 12.1 Å². The molecule has 1 atom stereocenters. The van der Waals surface area contributed by atoms with Gasteiger partial charge in [-0.3, -0.25) is 5.01 Å². The number of hydrogen-bond acceptors (Lipinski definition) is 6. The van der Waals surface area contributed by atoms with Crippen LogP contribution in [0, 0.1) is 0 Å². The summed E-state index contributed by atoms with van der Waals surface area (Å²) in [4.78, 5) is 24.6. The molecule has 1 rings (SSSR count). The van der Waals surface area contributed by atoms with Crippen molar-refractivity contribution in [3.8, 4) is 0 Å². The van der Waals surface area contributed by atoms with Crippen molar-refractivity contribution < 1.29 is 19.1 Å². The molecule has 0 saturated heterocycles. The fraction of sp³-hybridized carbons (Fsp3) is 0.583. The summed E-state index contributed by atoms with van der Waals surface area (Å²) in [5, 5.41) is 5.51. The van der Waals surface area contributed by atoms with E-state index in [2.05, 4.69) is 9.84 Å². The van der Waals surface area contributed by atoms with Gasteiger partial charge in [0.2, 0.25) is 0 Å². The molecule has 0 unspecified atom stereocenters. The van der Waals surface area contributed by atoms with Crippen LogP contribution in [0.5, 0.6) is 0 Å². The van der Waals surface area contributed by atoms with E-state index in [1.54, 1.807) is 53.2 Å². The molecule has 0 aliphatic heterocycles. The van der Waals surface area contributed by atoms with E-state index in [0.717, 1.165) is 0 Å². The molecule has 1 aromatic heterocycles. The molecule has 0 aliphatic carbocycles.